The van der Waals surface area contributed by atoms with Gasteiger partial charge in [0.1, 0.15) is 0 Å². The molecule has 0 spiro atoms. The second-order valence-electron chi connectivity index (χ2n) is 4.97. The molecule has 0 radical (unpaired) electrons. The van der Waals surface area contributed by atoms with E-state index in [0.29, 0.717) is 6.10 Å². The maximum atomic E-state index is 6.01. The molecule has 3 rings (SSSR count). The van der Waals surface area contributed by atoms with Crippen molar-refractivity contribution in [1.82, 2.24) is 5.32 Å². The molecule has 1 aromatic heterocycles. The van der Waals surface area contributed by atoms with Gasteiger partial charge in [0.25, 0.3) is 0 Å². The Labute approximate surface area is 101 Å². The maximum absolute atomic E-state index is 6.01. The van der Waals surface area contributed by atoms with E-state index in [-0.39, 0.29) is 5.54 Å². The Balaban J connectivity index is 2.01. The average molecular weight is 237 g/mol. The summed E-state index contributed by atoms with van der Waals surface area (Å²) in [7, 11) is 0. The molecule has 1 aliphatic carbocycles. The second-order valence-corrected chi connectivity index (χ2v) is 5.72. The molecule has 2 atom stereocenters. The van der Waals surface area contributed by atoms with Gasteiger partial charge in [-0.3, -0.25) is 0 Å². The Morgan fingerprint density at radius 1 is 1.44 bits per heavy atom. The monoisotopic (exact) mass is 237 g/mol. The van der Waals surface area contributed by atoms with E-state index in [4.69, 9.17) is 4.74 Å². The zero-order valence-corrected chi connectivity index (χ0v) is 10.6. The number of nitrogens with one attached hydrogen (secondary N) is 1. The molecule has 1 saturated heterocycles. The minimum absolute atomic E-state index is 0.126. The topological polar surface area (TPSA) is 21.3 Å². The van der Waals surface area contributed by atoms with E-state index in [9.17, 15) is 0 Å². The smallest absolute Gasteiger partial charge is 0.0799 e. The molecule has 16 heavy (non-hydrogen) atoms. The molecule has 2 heterocycles. The minimum Gasteiger partial charge on any atom is -0.375 e. The number of hydrogen-bond donors (Lipinski definition) is 1. The third-order valence-corrected chi connectivity index (χ3v) is 4.90. The van der Waals surface area contributed by atoms with Gasteiger partial charge in [-0.1, -0.05) is 12.8 Å². The Hall–Kier alpha value is -0.380. The quantitative estimate of drug-likeness (QED) is 0.811. The summed E-state index contributed by atoms with van der Waals surface area (Å²) in [5.74, 6) is 0. The third-order valence-electron chi connectivity index (χ3n) is 4.03. The van der Waals surface area contributed by atoms with Crippen LogP contribution in [0.5, 0.6) is 0 Å². The van der Waals surface area contributed by atoms with Crippen molar-refractivity contribution in [3.63, 3.8) is 0 Å². The highest BCUT2D eigenvalue weighted by Gasteiger charge is 2.45. The normalized spacial score (nSPS) is 34.7. The van der Waals surface area contributed by atoms with E-state index in [1.807, 2.05) is 11.3 Å². The van der Waals surface area contributed by atoms with Gasteiger partial charge in [-0.2, -0.15) is 11.3 Å². The van der Waals surface area contributed by atoms with Gasteiger partial charge < -0.3 is 10.1 Å². The van der Waals surface area contributed by atoms with Crippen LogP contribution in [0.3, 0.4) is 0 Å². The van der Waals surface area contributed by atoms with Crippen LogP contribution in [0.4, 0.5) is 0 Å². The minimum atomic E-state index is 0.126. The molecule has 2 aliphatic rings. The Kier molecular flexibility index (Phi) is 2.78. The standard InChI is InChI=1S/C13H19NOS/c1-10-8-16-9-11(10)13-5-3-2-4-12(13)15-7-6-14-13/h8-9,12,14H,2-7H2,1H3/t12-,13-/m1/s1. The van der Waals surface area contributed by atoms with Crippen molar-refractivity contribution in [1.29, 1.82) is 0 Å². The lowest BCUT2D eigenvalue weighted by atomic mass is 9.73. The van der Waals surface area contributed by atoms with Crippen molar-refractivity contribution < 1.29 is 4.74 Å². The van der Waals surface area contributed by atoms with Gasteiger partial charge in [0.15, 0.2) is 0 Å². The van der Waals surface area contributed by atoms with Crippen molar-refractivity contribution >= 4 is 11.3 Å². The van der Waals surface area contributed by atoms with Gasteiger partial charge >= 0.3 is 0 Å². The van der Waals surface area contributed by atoms with Crippen molar-refractivity contribution in [2.24, 2.45) is 0 Å². The summed E-state index contributed by atoms with van der Waals surface area (Å²) < 4.78 is 6.01. The van der Waals surface area contributed by atoms with E-state index in [1.54, 1.807) is 0 Å². The molecule has 0 amide bonds. The lowest BCUT2D eigenvalue weighted by Crippen LogP contribution is -2.59. The van der Waals surface area contributed by atoms with Crippen molar-refractivity contribution in [3.8, 4) is 0 Å². The van der Waals surface area contributed by atoms with Crippen molar-refractivity contribution in [2.75, 3.05) is 13.2 Å². The molecule has 88 valence electrons. The highest BCUT2D eigenvalue weighted by Crippen LogP contribution is 2.42. The van der Waals surface area contributed by atoms with Crippen LogP contribution in [0.25, 0.3) is 0 Å². The Bertz CT molecular complexity index is 362. The van der Waals surface area contributed by atoms with Crippen LogP contribution in [0, 0.1) is 6.92 Å². The first-order valence-corrected chi connectivity index (χ1v) is 7.17. The summed E-state index contributed by atoms with van der Waals surface area (Å²) in [6.07, 6.45) is 5.47. The van der Waals surface area contributed by atoms with Gasteiger partial charge in [-0.15, -0.1) is 0 Å². The molecule has 1 saturated carbocycles. The van der Waals surface area contributed by atoms with Crippen molar-refractivity contribution in [2.45, 2.75) is 44.2 Å². The molecule has 0 aromatic carbocycles. The van der Waals surface area contributed by atoms with E-state index in [0.717, 1.165) is 13.2 Å². The molecule has 2 fully saturated rings. The summed E-state index contributed by atoms with van der Waals surface area (Å²) in [5, 5.41) is 8.33. The number of hydrogen-bond acceptors (Lipinski definition) is 3. The highest BCUT2D eigenvalue weighted by atomic mass is 32.1. The molecular formula is C13H19NOS. The average Bonchev–Trinajstić information content (AvgIpc) is 2.76. The molecule has 0 bridgehead atoms. The number of rotatable bonds is 1. The maximum Gasteiger partial charge on any atom is 0.0799 e. The second kappa shape index (κ2) is 4.13. The number of aryl methyl sites for hydroxylation is 1. The molecule has 0 unspecified atom stereocenters. The number of morpholine rings is 1. The largest absolute Gasteiger partial charge is 0.375 e. The zero-order chi connectivity index (χ0) is 11.0. The van der Waals surface area contributed by atoms with Crippen LogP contribution >= 0.6 is 11.3 Å². The molecule has 3 heteroatoms. The predicted molar refractivity (Wildman–Crippen MR) is 66.9 cm³/mol. The first-order valence-electron chi connectivity index (χ1n) is 6.23. The van der Waals surface area contributed by atoms with E-state index in [1.165, 1.54) is 36.8 Å². The highest BCUT2D eigenvalue weighted by molar-refractivity contribution is 7.08. The van der Waals surface area contributed by atoms with E-state index < -0.39 is 0 Å². The SMILES string of the molecule is Cc1cscc1[C@]12CCCC[C@H]1OCCN2. The summed E-state index contributed by atoms with van der Waals surface area (Å²) >= 11 is 1.81. The number of ether oxygens (including phenoxy) is 1. The summed E-state index contributed by atoms with van der Waals surface area (Å²) in [6, 6.07) is 0. The fourth-order valence-corrected chi connectivity index (χ4v) is 4.20. The molecule has 1 aromatic rings. The van der Waals surface area contributed by atoms with Crippen LogP contribution in [0.1, 0.15) is 36.8 Å². The van der Waals surface area contributed by atoms with Gasteiger partial charge in [0.2, 0.25) is 0 Å². The first-order chi connectivity index (χ1) is 7.83. The molecule has 1 N–H and O–H groups in total. The van der Waals surface area contributed by atoms with E-state index in [2.05, 4.69) is 23.0 Å². The summed E-state index contributed by atoms with van der Waals surface area (Å²) in [5.41, 5.74) is 3.04. The molecule has 1 aliphatic heterocycles. The summed E-state index contributed by atoms with van der Waals surface area (Å²) in [6.45, 7) is 4.09. The Morgan fingerprint density at radius 2 is 2.38 bits per heavy atom. The first kappa shape index (κ1) is 10.8. The fourth-order valence-electron chi connectivity index (χ4n) is 3.26. The third kappa shape index (κ3) is 1.53. The Morgan fingerprint density at radius 3 is 3.19 bits per heavy atom. The predicted octanol–water partition coefficient (Wildman–Crippen LogP) is 2.81. The molecular weight excluding hydrogens is 218 g/mol. The lowest BCUT2D eigenvalue weighted by molar-refractivity contribution is -0.0757. The van der Waals surface area contributed by atoms with Crippen molar-refractivity contribution in [3.05, 3.63) is 21.9 Å². The van der Waals surface area contributed by atoms with Crippen LogP contribution in [-0.2, 0) is 10.3 Å². The van der Waals surface area contributed by atoms with E-state index >= 15 is 0 Å². The van der Waals surface area contributed by atoms with Gasteiger partial charge in [0.05, 0.1) is 18.2 Å². The number of thiophene rings is 1. The van der Waals surface area contributed by atoms with Crippen LogP contribution < -0.4 is 5.32 Å². The molecule has 2 nitrogen and oxygen atoms in total. The summed E-state index contributed by atoms with van der Waals surface area (Å²) in [4.78, 5) is 0. The number of fused-ring (bicyclic) bond motifs is 1. The van der Waals surface area contributed by atoms with Crippen LogP contribution in [-0.4, -0.2) is 19.3 Å². The van der Waals surface area contributed by atoms with Crippen LogP contribution in [0.15, 0.2) is 10.8 Å². The van der Waals surface area contributed by atoms with Gasteiger partial charge in [-0.05, 0) is 41.7 Å². The van der Waals surface area contributed by atoms with Crippen LogP contribution in [0.2, 0.25) is 0 Å². The van der Waals surface area contributed by atoms with Gasteiger partial charge in [0, 0.05) is 6.54 Å². The zero-order valence-electron chi connectivity index (χ0n) is 9.79. The lowest BCUT2D eigenvalue weighted by Gasteiger charge is -2.48. The van der Waals surface area contributed by atoms with Gasteiger partial charge in [-0.25, -0.2) is 0 Å². The fraction of sp³-hybridized carbons (Fsp3) is 0.692.